The van der Waals surface area contributed by atoms with Crippen LogP contribution in [0, 0.1) is 42.9 Å². The van der Waals surface area contributed by atoms with Gasteiger partial charge in [-0.15, -0.1) is 0 Å². The lowest BCUT2D eigenvalue weighted by atomic mass is 10.1. The van der Waals surface area contributed by atoms with Gasteiger partial charge in [0.2, 0.25) is 0 Å². The maximum Gasteiger partial charge on any atom is 0.285 e. The van der Waals surface area contributed by atoms with Gasteiger partial charge in [0.1, 0.15) is 23.3 Å². The van der Waals surface area contributed by atoms with Crippen molar-refractivity contribution in [2.24, 2.45) is 0 Å². The van der Waals surface area contributed by atoms with Crippen LogP contribution in [0.5, 0.6) is 0 Å². The molecule has 2 aromatic carbocycles. The predicted molar refractivity (Wildman–Crippen MR) is 99.4 cm³/mol. The third kappa shape index (κ3) is 3.17. The lowest BCUT2D eigenvalue weighted by Gasteiger charge is -2.27. The van der Waals surface area contributed by atoms with Gasteiger partial charge in [-0.1, -0.05) is 0 Å². The molecule has 1 aliphatic heterocycles. The summed E-state index contributed by atoms with van der Waals surface area (Å²) in [6.45, 7) is 0. The summed E-state index contributed by atoms with van der Waals surface area (Å²) in [4.78, 5) is 46.3. The van der Waals surface area contributed by atoms with Gasteiger partial charge in [-0.3, -0.25) is 29.8 Å². The summed E-state index contributed by atoms with van der Waals surface area (Å²) in [5.41, 5.74) is -1.82. The van der Waals surface area contributed by atoms with E-state index in [4.69, 9.17) is 10.5 Å². The van der Waals surface area contributed by atoms with Crippen LogP contribution in [0.4, 0.5) is 22.7 Å². The molecule has 0 saturated carbocycles. The van der Waals surface area contributed by atoms with E-state index in [1.807, 2.05) is 0 Å². The van der Waals surface area contributed by atoms with Crippen molar-refractivity contribution in [1.82, 2.24) is 0 Å². The van der Waals surface area contributed by atoms with Crippen molar-refractivity contribution in [3.05, 3.63) is 79.9 Å². The molecule has 30 heavy (non-hydrogen) atoms. The molecular formula is C18H8N6O6. The Morgan fingerprint density at radius 2 is 1.07 bits per heavy atom. The number of allylic oxidation sites excluding steroid dienone is 1. The fourth-order valence-corrected chi connectivity index (χ4v) is 2.73. The summed E-state index contributed by atoms with van der Waals surface area (Å²) in [5, 5.41) is 41.6. The molecule has 0 unspecified atom stereocenters. The maximum absolute atomic E-state index is 12.9. The summed E-state index contributed by atoms with van der Waals surface area (Å²) in [5.74, 6) is -1.99. The number of hydrogen-bond acceptors (Lipinski definition) is 8. The van der Waals surface area contributed by atoms with Crippen LogP contribution in [0.2, 0.25) is 0 Å². The van der Waals surface area contributed by atoms with Crippen LogP contribution < -0.4 is 10.0 Å². The van der Waals surface area contributed by atoms with E-state index in [1.165, 1.54) is 36.4 Å². The zero-order valence-electron chi connectivity index (χ0n) is 14.8. The molecular weight excluding hydrogens is 396 g/mol. The molecule has 0 atom stereocenters. The van der Waals surface area contributed by atoms with Gasteiger partial charge in [0.15, 0.2) is 0 Å². The van der Waals surface area contributed by atoms with E-state index >= 15 is 0 Å². The fraction of sp³-hybridized carbons (Fsp3) is 0. The highest BCUT2D eigenvalue weighted by Gasteiger charge is 2.45. The van der Waals surface area contributed by atoms with Gasteiger partial charge in [-0.05, 0) is 24.3 Å². The largest absolute Gasteiger partial charge is 0.285 e. The van der Waals surface area contributed by atoms with Crippen molar-refractivity contribution in [1.29, 1.82) is 10.5 Å². The number of nitro benzene ring substituents is 2. The molecule has 0 spiro atoms. The quantitative estimate of drug-likeness (QED) is 0.245. The molecule has 1 fully saturated rings. The Labute approximate surface area is 167 Å². The molecule has 1 saturated heterocycles. The van der Waals surface area contributed by atoms with Crippen LogP contribution in [-0.2, 0) is 9.59 Å². The van der Waals surface area contributed by atoms with Crippen molar-refractivity contribution in [3.8, 4) is 12.1 Å². The summed E-state index contributed by atoms with van der Waals surface area (Å²) < 4.78 is 0. The van der Waals surface area contributed by atoms with Crippen LogP contribution in [0.25, 0.3) is 0 Å². The normalized spacial score (nSPS) is 13.1. The van der Waals surface area contributed by atoms with Crippen molar-refractivity contribution in [2.45, 2.75) is 0 Å². The van der Waals surface area contributed by atoms with Crippen LogP contribution >= 0.6 is 0 Å². The topological polar surface area (TPSA) is 174 Å². The first-order valence-corrected chi connectivity index (χ1v) is 8.02. The molecule has 2 amide bonds. The highest BCUT2D eigenvalue weighted by atomic mass is 16.6. The minimum atomic E-state index is -0.995. The molecule has 0 aliphatic carbocycles. The van der Waals surface area contributed by atoms with Crippen LogP contribution in [0.15, 0.2) is 59.7 Å². The van der Waals surface area contributed by atoms with E-state index < -0.39 is 32.8 Å². The zero-order valence-corrected chi connectivity index (χ0v) is 14.8. The summed E-state index contributed by atoms with van der Waals surface area (Å²) in [7, 11) is 0. The molecule has 0 radical (unpaired) electrons. The Kier molecular flexibility index (Phi) is 4.91. The smallest absolute Gasteiger partial charge is 0.266 e. The molecule has 2 aromatic rings. The van der Waals surface area contributed by atoms with Crippen molar-refractivity contribution in [2.75, 3.05) is 10.0 Å². The SMILES string of the molecule is N#CC(C#N)=C1C(=O)N(c2ccc([N+](=O)[O-])cc2)N(c2ccc([N+](=O)[O-])cc2)C1=O. The van der Waals surface area contributed by atoms with Gasteiger partial charge in [0, 0.05) is 24.3 Å². The molecule has 3 rings (SSSR count). The van der Waals surface area contributed by atoms with E-state index in [1.54, 1.807) is 0 Å². The molecule has 146 valence electrons. The number of carbonyl (C=O) groups excluding carboxylic acids is 2. The molecule has 12 heteroatoms. The Morgan fingerprint density at radius 1 is 0.733 bits per heavy atom. The lowest BCUT2D eigenvalue weighted by Crippen LogP contribution is -2.41. The van der Waals surface area contributed by atoms with Gasteiger partial charge in [0.25, 0.3) is 23.2 Å². The summed E-state index contributed by atoms with van der Waals surface area (Å²) >= 11 is 0. The van der Waals surface area contributed by atoms with E-state index in [9.17, 15) is 29.8 Å². The number of hydrazine groups is 1. The van der Waals surface area contributed by atoms with Crippen molar-refractivity contribution >= 4 is 34.6 Å². The number of benzene rings is 2. The van der Waals surface area contributed by atoms with Crippen LogP contribution in [0.3, 0.4) is 0 Å². The van der Waals surface area contributed by atoms with E-state index in [2.05, 4.69) is 0 Å². The molecule has 0 aromatic heterocycles. The number of nitriles is 2. The van der Waals surface area contributed by atoms with Gasteiger partial charge in [-0.2, -0.15) is 10.5 Å². The second-order valence-corrected chi connectivity index (χ2v) is 5.75. The monoisotopic (exact) mass is 404 g/mol. The number of nitro groups is 2. The first kappa shape index (κ1) is 19.7. The standard InChI is InChI=1S/C18H8N6O6/c19-9-11(10-20)16-17(25)21(12-1-5-14(6-2-12)23(27)28)22(18(16)26)13-3-7-15(8-4-13)24(29)30/h1-8H. The molecule has 0 bridgehead atoms. The summed E-state index contributed by atoms with van der Waals surface area (Å²) in [6.07, 6.45) is 0. The number of nitrogens with zero attached hydrogens (tertiary/aromatic N) is 6. The van der Waals surface area contributed by atoms with Gasteiger partial charge < -0.3 is 0 Å². The van der Waals surface area contributed by atoms with Gasteiger partial charge >= 0.3 is 0 Å². The average Bonchev–Trinajstić information content (AvgIpc) is 3.00. The van der Waals surface area contributed by atoms with Crippen LogP contribution in [0.1, 0.15) is 0 Å². The summed E-state index contributed by atoms with van der Waals surface area (Å²) in [6, 6.07) is 12.3. The first-order chi connectivity index (χ1) is 14.3. The zero-order chi connectivity index (χ0) is 22.0. The molecule has 1 heterocycles. The third-order valence-corrected chi connectivity index (χ3v) is 4.10. The Hall–Kier alpha value is -5.10. The molecule has 0 N–H and O–H groups in total. The predicted octanol–water partition coefficient (Wildman–Crippen LogP) is 2.14. The minimum absolute atomic E-state index is 0.0440. The minimum Gasteiger partial charge on any atom is -0.266 e. The second kappa shape index (κ2) is 7.49. The van der Waals surface area contributed by atoms with Crippen molar-refractivity contribution < 1.29 is 19.4 Å². The Balaban J connectivity index is 2.18. The average molecular weight is 404 g/mol. The Morgan fingerprint density at radius 3 is 1.33 bits per heavy atom. The first-order valence-electron chi connectivity index (χ1n) is 8.02. The van der Waals surface area contributed by atoms with Crippen molar-refractivity contribution in [3.63, 3.8) is 0 Å². The number of hydrogen-bond donors (Lipinski definition) is 0. The number of non-ortho nitro benzene ring substituents is 2. The lowest BCUT2D eigenvalue weighted by molar-refractivity contribution is -0.385. The number of carbonyl (C=O) groups is 2. The second-order valence-electron chi connectivity index (χ2n) is 5.75. The van der Waals surface area contributed by atoms with E-state index in [0.717, 1.165) is 34.3 Å². The van der Waals surface area contributed by atoms with Gasteiger partial charge in [-0.25, -0.2) is 10.0 Å². The number of anilines is 2. The van der Waals surface area contributed by atoms with Crippen LogP contribution in [-0.4, -0.2) is 21.7 Å². The molecule has 1 aliphatic rings. The highest BCUT2D eigenvalue weighted by Crippen LogP contribution is 2.34. The highest BCUT2D eigenvalue weighted by molar-refractivity contribution is 6.37. The fourth-order valence-electron chi connectivity index (χ4n) is 2.73. The van der Waals surface area contributed by atoms with E-state index in [-0.39, 0.29) is 22.7 Å². The number of rotatable bonds is 4. The maximum atomic E-state index is 12.9. The third-order valence-electron chi connectivity index (χ3n) is 4.10. The number of amides is 2. The Bertz CT molecular complexity index is 1110. The molecule has 12 nitrogen and oxygen atoms in total. The van der Waals surface area contributed by atoms with Gasteiger partial charge in [0.05, 0.1) is 21.2 Å². The van der Waals surface area contributed by atoms with E-state index in [0.29, 0.717) is 0 Å².